The predicted molar refractivity (Wildman–Crippen MR) is 65.6 cm³/mol. The van der Waals surface area contributed by atoms with E-state index in [-0.39, 0.29) is 0 Å². The summed E-state index contributed by atoms with van der Waals surface area (Å²) in [7, 11) is -0.867. The summed E-state index contributed by atoms with van der Waals surface area (Å²) < 4.78 is 12.5. The molecule has 0 fully saturated rings. The second-order valence-electron chi connectivity index (χ2n) is 3.29. The molecule has 0 aliphatic rings. The summed E-state index contributed by atoms with van der Waals surface area (Å²) in [4.78, 5) is 0.920. The summed E-state index contributed by atoms with van der Waals surface area (Å²) in [5.41, 5.74) is 1.29. The SMILES string of the molecule is CC(C)c1cc(S(C)=O)ccc1I. The van der Waals surface area contributed by atoms with E-state index in [1.807, 2.05) is 18.2 Å². The molecule has 0 heterocycles. The van der Waals surface area contributed by atoms with E-state index in [9.17, 15) is 4.21 Å². The highest BCUT2D eigenvalue weighted by molar-refractivity contribution is 14.1. The molecule has 1 atom stereocenters. The Kier molecular flexibility index (Phi) is 3.91. The summed E-state index contributed by atoms with van der Waals surface area (Å²) >= 11 is 2.32. The number of benzene rings is 1. The van der Waals surface area contributed by atoms with Crippen LogP contribution in [0.2, 0.25) is 0 Å². The minimum atomic E-state index is -0.867. The molecule has 0 aromatic heterocycles. The van der Waals surface area contributed by atoms with Crippen LogP contribution in [-0.4, -0.2) is 10.5 Å². The molecule has 0 saturated carbocycles. The molecular weight excluding hydrogens is 295 g/mol. The summed E-state index contributed by atoms with van der Waals surface area (Å²) in [6, 6.07) is 6.01. The van der Waals surface area contributed by atoms with Gasteiger partial charge >= 0.3 is 0 Å². The molecule has 0 spiro atoms. The van der Waals surface area contributed by atoms with E-state index >= 15 is 0 Å². The van der Waals surface area contributed by atoms with Crippen LogP contribution in [0.3, 0.4) is 0 Å². The molecule has 13 heavy (non-hydrogen) atoms. The second-order valence-corrected chi connectivity index (χ2v) is 5.83. The van der Waals surface area contributed by atoms with Crippen molar-refractivity contribution in [2.45, 2.75) is 24.7 Å². The maximum Gasteiger partial charge on any atom is 0.0498 e. The Bertz CT molecular complexity index is 334. The molecule has 0 radical (unpaired) electrons. The van der Waals surface area contributed by atoms with Gasteiger partial charge in [-0.15, -0.1) is 0 Å². The van der Waals surface area contributed by atoms with Crippen molar-refractivity contribution in [1.29, 1.82) is 0 Å². The van der Waals surface area contributed by atoms with Crippen LogP contribution in [0.15, 0.2) is 23.1 Å². The van der Waals surface area contributed by atoms with Crippen molar-refractivity contribution in [2.75, 3.05) is 6.26 Å². The molecule has 1 aromatic carbocycles. The predicted octanol–water partition coefficient (Wildman–Crippen LogP) is 3.15. The van der Waals surface area contributed by atoms with Gasteiger partial charge in [-0.05, 0) is 52.3 Å². The minimum absolute atomic E-state index is 0.496. The molecule has 0 aliphatic heterocycles. The highest BCUT2D eigenvalue weighted by atomic mass is 127. The standard InChI is InChI=1S/C10H13IOS/c1-7(2)9-6-8(13(3)12)4-5-10(9)11/h4-7H,1-3H3. The van der Waals surface area contributed by atoms with Crippen molar-refractivity contribution in [2.24, 2.45) is 0 Å². The van der Waals surface area contributed by atoms with Crippen LogP contribution in [0.5, 0.6) is 0 Å². The average Bonchev–Trinajstić information content (AvgIpc) is 2.04. The minimum Gasteiger partial charge on any atom is -0.255 e. The molecule has 72 valence electrons. The van der Waals surface area contributed by atoms with Gasteiger partial charge in [0.05, 0.1) is 0 Å². The largest absolute Gasteiger partial charge is 0.255 e. The maximum absolute atomic E-state index is 11.2. The van der Waals surface area contributed by atoms with E-state index in [4.69, 9.17) is 0 Å². The number of rotatable bonds is 2. The lowest BCUT2D eigenvalue weighted by Crippen LogP contribution is -1.95. The average molecular weight is 308 g/mol. The summed E-state index contributed by atoms with van der Waals surface area (Å²) in [5.74, 6) is 0.496. The first-order valence-electron chi connectivity index (χ1n) is 4.15. The lowest BCUT2D eigenvalue weighted by Gasteiger charge is -2.09. The lowest BCUT2D eigenvalue weighted by atomic mass is 10.0. The van der Waals surface area contributed by atoms with Gasteiger partial charge in [-0.1, -0.05) is 13.8 Å². The zero-order chi connectivity index (χ0) is 10.0. The fraction of sp³-hybridized carbons (Fsp3) is 0.400. The first-order chi connectivity index (χ1) is 6.02. The van der Waals surface area contributed by atoms with Gasteiger partial charge in [-0.3, -0.25) is 4.21 Å². The van der Waals surface area contributed by atoms with Crippen LogP contribution in [0.1, 0.15) is 25.3 Å². The van der Waals surface area contributed by atoms with Crippen molar-refractivity contribution in [1.82, 2.24) is 0 Å². The highest BCUT2D eigenvalue weighted by Gasteiger charge is 2.06. The van der Waals surface area contributed by atoms with E-state index < -0.39 is 10.8 Å². The molecule has 1 rings (SSSR count). The van der Waals surface area contributed by atoms with Gasteiger partial charge in [0, 0.05) is 25.5 Å². The van der Waals surface area contributed by atoms with E-state index in [0.717, 1.165) is 4.90 Å². The third-order valence-electron chi connectivity index (χ3n) is 1.92. The van der Waals surface area contributed by atoms with Crippen LogP contribution in [0.4, 0.5) is 0 Å². The molecule has 0 N–H and O–H groups in total. The molecule has 0 aliphatic carbocycles. The summed E-state index contributed by atoms with van der Waals surface area (Å²) in [6.07, 6.45) is 1.71. The normalized spacial score (nSPS) is 13.3. The van der Waals surface area contributed by atoms with Gasteiger partial charge in [-0.2, -0.15) is 0 Å². The molecule has 0 amide bonds. The number of hydrogen-bond acceptors (Lipinski definition) is 1. The zero-order valence-corrected chi connectivity index (χ0v) is 11.0. The van der Waals surface area contributed by atoms with Gasteiger partial charge in [0.25, 0.3) is 0 Å². The van der Waals surface area contributed by atoms with Crippen molar-refractivity contribution in [3.63, 3.8) is 0 Å². The Morgan fingerprint density at radius 1 is 1.38 bits per heavy atom. The van der Waals surface area contributed by atoms with Crippen molar-refractivity contribution >= 4 is 33.4 Å². The Labute approximate surface area is 95.5 Å². The first kappa shape index (κ1) is 11.2. The second kappa shape index (κ2) is 4.55. The fourth-order valence-corrected chi connectivity index (χ4v) is 2.65. The van der Waals surface area contributed by atoms with Crippen LogP contribution in [-0.2, 0) is 10.8 Å². The van der Waals surface area contributed by atoms with Gasteiger partial charge < -0.3 is 0 Å². The van der Waals surface area contributed by atoms with Crippen molar-refractivity contribution < 1.29 is 4.21 Å². The smallest absolute Gasteiger partial charge is 0.0498 e. The van der Waals surface area contributed by atoms with Crippen LogP contribution in [0.25, 0.3) is 0 Å². The molecule has 3 heteroatoms. The van der Waals surface area contributed by atoms with Gasteiger partial charge in [0.1, 0.15) is 0 Å². The Balaban J connectivity index is 3.19. The van der Waals surface area contributed by atoms with Crippen LogP contribution >= 0.6 is 22.6 Å². The Morgan fingerprint density at radius 2 is 2.00 bits per heavy atom. The summed E-state index contributed by atoms with van der Waals surface area (Å²) in [5, 5.41) is 0. The Hall–Kier alpha value is 0.100. The maximum atomic E-state index is 11.2. The van der Waals surface area contributed by atoms with Crippen LogP contribution < -0.4 is 0 Å². The van der Waals surface area contributed by atoms with E-state index in [1.54, 1.807) is 6.26 Å². The number of halogens is 1. The van der Waals surface area contributed by atoms with Gasteiger partial charge in [0.2, 0.25) is 0 Å². The molecule has 1 aromatic rings. The molecular formula is C10H13IOS. The zero-order valence-electron chi connectivity index (χ0n) is 8.00. The van der Waals surface area contributed by atoms with E-state index in [0.29, 0.717) is 5.92 Å². The monoisotopic (exact) mass is 308 g/mol. The fourth-order valence-electron chi connectivity index (χ4n) is 1.14. The van der Waals surface area contributed by atoms with E-state index in [1.165, 1.54) is 9.13 Å². The van der Waals surface area contributed by atoms with E-state index in [2.05, 4.69) is 36.4 Å². The third kappa shape index (κ3) is 2.77. The molecule has 1 unspecified atom stereocenters. The number of hydrogen-bond donors (Lipinski definition) is 0. The molecule has 1 nitrogen and oxygen atoms in total. The van der Waals surface area contributed by atoms with Crippen LogP contribution in [0, 0.1) is 3.57 Å². The quantitative estimate of drug-likeness (QED) is 0.767. The Morgan fingerprint density at radius 3 is 2.46 bits per heavy atom. The van der Waals surface area contributed by atoms with Crippen molar-refractivity contribution in [3.05, 3.63) is 27.3 Å². The van der Waals surface area contributed by atoms with Gasteiger partial charge in [-0.25, -0.2) is 0 Å². The third-order valence-corrected chi connectivity index (χ3v) is 3.82. The molecule has 0 saturated heterocycles. The van der Waals surface area contributed by atoms with Crippen molar-refractivity contribution in [3.8, 4) is 0 Å². The highest BCUT2D eigenvalue weighted by Crippen LogP contribution is 2.23. The first-order valence-corrected chi connectivity index (χ1v) is 6.79. The summed E-state index contributed by atoms with van der Waals surface area (Å²) in [6.45, 7) is 4.31. The topological polar surface area (TPSA) is 17.1 Å². The van der Waals surface area contributed by atoms with Gasteiger partial charge in [0.15, 0.2) is 0 Å². The lowest BCUT2D eigenvalue weighted by molar-refractivity contribution is 0.686. The molecule has 0 bridgehead atoms.